The van der Waals surface area contributed by atoms with Gasteiger partial charge in [-0.15, -0.1) is 11.6 Å². The van der Waals surface area contributed by atoms with Crippen molar-refractivity contribution >= 4 is 33.4 Å². The van der Waals surface area contributed by atoms with E-state index in [1.54, 1.807) is 0 Å². The molecule has 0 bridgehead atoms. The highest BCUT2D eigenvalue weighted by atomic mass is 79.9. The summed E-state index contributed by atoms with van der Waals surface area (Å²) in [5.74, 6) is 1.20. The Morgan fingerprint density at radius 1 is 1.45 bits per heavy atom. The Balaban J connectivity index is 2.15. The fourth-order valence-electron chi connectivity index (χ4n) is 2.77. The minimum absolute atomic E-state index is 0.0148. The van der Waals surface area contributed by atoms with Gasteiger partial charge in [0.15, 0.2) is 0 Å². The van der Waals surface area contributed by atoms with Gasteiger partial charge >= 0.3 is 0 Å². The van der Waals surface area contributed by atoms with Crippen molar-refractivity contribution in [2.24, 2.45) is 5.92 Å². The van der Waals surface area contributed by atoms with Crippen LogP contribution in [0.1, 0.15) is 48.5 Å². The molecule has 0 unspecified atom stereocenters. The summed E-state index contributed by atoms with van der Waals surface area (Å²) in [5, 5.41) is 3.20. The van der Waals surface area contributed by atoms with Gasteiger partial charge in [0.2, 0.25) is 0 Å². The maximum atomic E-state index is 12.5. The van der Waals surface area contributed by atoms with Gasteiger partial charge in [0.05, 0.1) is 5.54 Å². The molecular formula is C16H21BrClNO. The molecule has 0 atom stereocenters. The molecule has 2 nitrogen and oxygen atoms in total. The molecule has 0 aromatic heterocycles. The summed E-state index contributed by atoms with van der Waals surface area (Å²) in [5.41, 5.74) is 1.46. The molecule has 0 heterocycles. The first-order chi connectivity index (χ1) is 9.47. The number of hydrogen-bond acceptors (Lipinski definition) is 1. The molecular weight excluding hydrogens is 338 g/mol. The molecule has 1 fully saturated rings. The molecule has 1 N–H and O–H groups in total. The summed E-state index contributed by atoms with van der Waals surface area (Å²) in [6.45, 7) is 4.22. The lowest BCUT2D eigenvalue weighted by atomic mass is 9.78. The van der Waals surface area contributed by atoms with Gasteiger partial charge in [-0.25, -0.2) is 0 Å². The minimum atomic E-state index is -0.236. The number of alkyl halides is 1. The van der Waals surface area contributed by atoms with E-state index in [-0.39, 0.29) is 11.4 Å². The highest BCUT2D eigenvalue weighted by Gasteiger charge is 2.35. The fourth-order valence-corrected chi connectivity index (χ4v) is 3.47. The van der Waals surface area contributed by atoms with E-state index >= 15 is 0 Å². The molecule has 0 aliphatic heterocycles. The van der Waals surface area contributed by atoms with Crippen LogP contribution in [0.15, 0.2) is 22.7 Å². The quantitative estimate of drug-likeness (QED) is 0.781. The van der Waals surface area contributed by atoms with Gasteiger partial charge in [0.25, 0.3) is 5.91 Å². The molecule has 1 aliphatic rings. The Bertz CT molecular complexity index is 495. The van der Waals surface area contributed by atoms with E-state index in [0.29, 0.717) is 5.88 Å². The van der Waals surface area contributed by atoms with Crippen LogP contribution >= 0.6 is 27.5 Å². The molecule has 1 aliphatic carbocycles. The average molecular weight is 359 g/mol. The summed E-state index contributed by atoms with van der Waals surface area (Å²) in [6.07, 6.45) is 4.20. The first kappa shape index (κ1) is 15.8. The molecule has 4 heteroatoms. The van der Waals surface area contributed by atoms with Crippen molar-refractivity contribution < 1.29 is 4.79 Å². The molecule has 0 spiro atoms. The second kappa shape index (κ2) is 6.48. The fraction of sp³-hybridized carbons (Fsp3) is 0.562. The van der Waals surface area contributed by atoms with E-state index < -0.39 is 0 Å². The van der Waals surface area contributed by atoms with Crippen LogP contribution in [-0.2, 0) is 0 Å². The lowest BCUT2D eigenvalue weighted by molar-refractivity contribution is 0.0871. The topological polar surface area (TPSA) is 29.1 Å². The highest BCUT2D eigenvalue weighted by Crippen LogP contribution is 2.33. The predicted octanol–water partition coefficient (Wildman–Crippen LogP) is 4.68. The minimum Gasteiger partial charge on any atom is -0.345 e. The van der Waals surface area contributed by atoms with Crippen molar-refractivity contribution in [3.8, 4) is 0 Å². The van der Waals surface area contributed by atoms with E-state index in [9.17, 15) is 4.79 Å². The molecule has 110 valence electrons. The number of benzene rings is 1. The van der Waals surface area contributed by atoms with Gasteiger partial charge in [-0.2, -0.15) is 0 Å². The first-order valence-corrected chi connectivity index (χ1v) is 8.44. The van der Waals surface area contributed by atoms with Crippen molar-refractivity contribution in [1.29, 1.82) is 0 Å². The molecule has 1 amide bonds. The number of halogens is 2. The Labute approximate surface area is 134 Å². The third kappa shape index (κ3) is 3.37. The maximum Gasteiger partial charge on any atom is 0.252 e. The zero-order valence-corrected chi connectivity index (χ0v) is 14.4. The van der Waals surface area contributed by atoms with Crippen LogP contribution in [0.4, 0.5) is 0 Å². The Morgan fingerprint density at radius 2 is 2.10 bits per heavy atom. The van der Waals surface area contributed by atoms with Gasteiger partial charge in [0.1, 0.15) is 0 Å². The molecule has 1 saturated carbocycles. The zero-order valence-electron chi connectivity index (χ0n) is 12.0. The van der Waals surface area contributed by atoms with Gasteiger partial charge in [-0.05, 0) is 56.2 Å². The van der Waals surface area contributed by atoms with Crippen molar-refractivity contribution in [2.75, 3.05) is 5.88 Å². The molecule has 20 heavy (non-hydrogen) atoms. The lowest BCUT2D eigenvalue weighted by Gasteiger charge is -2.38. The third-order valence-electron chi connectivity index (χ3n) is 4.38. The second-order valence-electron chi connectivity index (χ2n) is 5.96. The first-order valence-electron chi connectivity index (χ1n) is 7.11. The zero-order chi connectivity index (χ0) is 14.8. The molecule has 1 aromatic carbocycles. The van der Waals surface area contributed by atoms with E-state index in [0.717, 1.165) is 47.2 Å². The normalized spacial score (nSPS) is 26.3. The third-order valence-corrected chi connectivity index (χ3v) is 5.75. The Morgan fingerprint density at radius 3 is 2.70 bits per heavy atom. The number of rotatable bonds is 3. The SMILES string of the molecule is Cc1c(Br)cccc1C(=O)NC1(CCl)CCC(C)CC1. The lowest BCUT2D eigenvalue weighted by Crippen LogP contribution is -2.52. The van der Waals surface area contributed by atoms with Gasteiger partial charge in [-0.1, -0.05) is 28.9 Å². The number of carbonyl (C=O) groups is 1. The summed E-state index contributed by atoms with van der Waals surface area (Å²) in [4.78, 5) is 12.5. The molecule has 2 rings (SSSR count). The van der Waals surface area contributed by atoms with E-state index in [1.807, 2.05) is 25.1 Å². The van der Waals surface area contributed by atoms with E-state index in [1.165, 1.54) is 0 Å². The smallest absolute Gasteiger partial charge is 0.252 e. The average Bonchev–Trinajstić information content (AvgIpc) is 2.44. The monoisotopic (exact) mass is 357 g/mol. The summed E-state index contributed by atoms with van der Waals surface area (Å²) in [7, 11) is 0. The number of carbonyl (C=O) groups excluding carboxylic acids is 1. The van der Waals surface area contributed by atoms with Gasteiger partial charge in [-0.3, -0.25) is 4.79 Å². The maximum absolute atomic E-state index is 12.5. The van der Waals surface area contributed by atoms with Gasteiger partial charge < -0.3 is 5.32 Å². The number of amides is 1. The van der Waals surface area contributed by atoms with Crippen LogP contribution < -0.4 is 5.32 Å². The van der Waals surface area contributed by atoms with Crippen LogP contribution in [0, 0.1) is 12.8 Å². The van der Waals surface area contributed by atoms with Crippen LogP contribution in [0.2, 0.25) is 0 Å². The van der Waals surface area contributed by atoms with Crippen LogP contribution in [0.25, 0.3) is 0 Å². The van der Waals surface area contributed by atoms with E-state index in [2.05, 4.69) is 28.2 Å². The van der Waals surface area contributed by atoms with Crippen LogP contribution in [0.3, 0.4) is 0 Å². The van der Waals surface area contributed by atoms with Crippen LogP contribution in [-0.4, -0.2) is 17.3 Å². The van der Waals surface area contributed by atoms with E-state index in [4.69, 9.17) is 11.6 Å². The molecule has 1 aromatic rings. The van der Waals surface area contributed by atoms with Crippen molar-refractivity contribution in [2.45, 2.75) is 45.1 Å². The second-order valence-corrected chi connectivity index (χ2v) is 7.08. The number of nitrogens with one attached hydrogen (secondary N) is 1. The van der Waals surface area contributed by atoms with Crippen LogP contribution in [0.5, 0.6) is 0 Å². The predicted molar refractivity (Wildman–Crippen MR) is 87.4 cm³/mol. The highest BCUT2D eigenvalue weighted by molar-refractivity contribution is 9.10. The van der Waals surface area contributed by atoms with Gasteiger partial charge in [0, 0.05) is 15.9 Å². The summed E-state index contributed by atoms with van der Waals surface area (Å²) >= 11 is 9.64. The summed E-state index contributed by atoms with van der Waals surface area (Å²) in [6, 6.07) is 5.71. The standard InChI is InChI=1S/C16H21BrClNO/c1-11-6-8-16(10-18,9-7-11)19-15(20)13-4-3-5-14(17)12(13)2/h3-5,11H,6-10H2,1-2H3,(H,19,20). The molecule has 0 radical (unpaired) electrons. The number of hydrogen-bond donors (Lipinski definition) is 1. The van der Waals surface area contributed by atoms with Crippen molar-refractivity contribution in [1.82, 2.24) is 5.32 Å². The largest absolute Gasteiger partial charge is 0.345 e. The van der Waals surface area contributed by atoms with Crippen molar-refractivity contribution in [3.05, 3.63) is 33.8 Å². The van der Waals surface area contributed by atoms with Crippen molar-refractivity contribution in [3.63, 3.8) is 0 Å². The summed E-state index contributed by atoms with van der Waals surface area (Å²) < 4.78 is 0.960. The molecule has 0 saturated heterocycles. The Hall–Kier alpha value is -0.540. The Kier molecular flexibility index (Phi) is 5.14.